The molecule has 4 rings (SSSR count). The summed E-state index contributed by atoms with van der Waals surface area (Å²) < 4.78 is 2.56. The SMILES string of the molecule is CN=C(C)N.CNC(N)=S.Cc1nc2ccccc2s1.Cc1nc2ccccc2s1.I.I. The molecule has 0 bridgehead atoms. The molecular weight excluding hydrogens is 686 g/mol. The number of benzene rings is 2. The van der Waals surface area contributed by atoms with Crippen LogP contribution in [0.5, 0.6) is 0 Å². The minimum Gasteiger partial charge on any atom is -0.388 e. The number of rotatable bonds is 0. The number of hydrogen-bond donors (Lipinski definition) is 3. The van der Waals surface area contributed by atoms with Gasteiger partial charge in [0.15, 0.2) is 5.11 Å². The maximum Gasteiger partial charge on any atom is 0.163 e. The fraction of sp³-hybridized carbons (Fsp3) is 0.238. The van der Waals surface area contributed by atoms with Crippen LogP contribution in [0.2, 0.25) is 0 Å². The summed E-state index contributed by atoms with van der Waals surface area (Å²) in [4.78, 5) is 12.2. The number of thiocarbonyl (C=S) groups is 1. The predicted molar refractivity (Wildman–Crippen MR) is 169 cm³/mol. The number of thiazole rings is 2. The smallest absolute Gasteiger partial charge is 0.163 e. The molecule has 0 aliphatic heterocycles. The highest BCUT2D eigenvalue weighted by molar-refractivity contribution is 14.0. The number of para-hydroxylation sites is 2. The summed E-state index contributed by atoms with van der Waals surface area (Å²) in [6.45, 7) is 5.81. The summed E-state index contributed by atoms with van der Waals surface area (Å²) in [6.07, 6.45) is 0. The summed E-state index contributed by atoms with van der Waals surface area (Å²) in [6, 6.07) is 16.4. The van der Waals surface area contributed by atoms with Crippen LogP contribution < -0.4 is 16.8 Å². The quantitative estimate of drug-likeness (QED) is 0.0909. The van der Waals surface area contributed by atoms with Crippen LogP contribution in [0.1, 0.15) is 16.9 Å². The van der Waals surface area contributed by atoms with Crippen molar-refractivity contribution in [2.24, 2.45) is 16.5 Å². The van der Waals surface area contributed by atoms with E-state index in [1.54, 1.807) is 43.7 Å². The average molecular weight is 717 g/mol. The second kappa shape index (κ2) is 18.3. The Morgan fingerprint density at radius 2 is 1.19 bits per heavy atom. The molecular formula is C21H30I2N6S3. The number of aromatic nitrogens is 2. The summed E-state index contributed by atoms with van der Waals surface area (Å²) in [5, 5.41) is 5.16. The highest BCUT2D eigenvalue weighted by Crippen LogP contribution is 2.20. The van der Waals surface area contributed by atoms with E-state index in [0.717, 1.165) is 21.0 Å². The van der Waals surface area contributed by atoms with E-state index in [9.17, 15) is 0 Å². The lowest BCUT2D eigenvalue weighted by atomic mass is 10.3. The average Bonchev–Trinajstić information content (AvgIpc) is 3.29. The van der Waals surface area contributed by atoms with E-state index in [1.807, 2.05) is 50.2 Å². The molecule has 0 radical (unpaired) electrons. The fourth-order valence-electron chi connectivity index (χ4n) is 1.97. The van der Waals surface area contributed by atoms with Gasteiger partial charge in [-0.15, -0.1) is 70.6 Å². The van der Waals surface area contributed by atoms with Crippen molar-refractivity contribution >= 4 is 114 Å². The van der Waals surface area contributed by atoms with E-state index in [2.05, 4.69) is 44.6 Å². The molecule has 11 heteroatoms. The molecule has 2 heterocycles. The van der Waals surface area contributed by atoms with Gasteiger partial charge in [-0.1, -0.05) is 24.3 Å². The van der Waals surface area contributed by atoms with Gasteiger partial charge in [0.2, 0.25) is 0 Å². The standard InChI is InChI=1S/2C8H7NS.C3H8N2.C2H6N2S.2HI/c2*1-6-9-7-4-2-3-5-8(7)10-6;1-3(4)5-2;1-4-2(3)5;;/h2*2-5H,1H3;1-2H3,(H2,4,5);1H3,(H3,3,4,5);2*1H. The van der Waals surface area contributed by atoms with Crippen LogP contribution in [0.15, 0.2) is 53.5 Å². The number of halogens is 2. The van der Waals surface area contributed by atoms with Crippen molar-refractivity contribution in [1.82, 2.24) is 15.3 Å². The van der Waals surface area contributed by atoms with Crippen molar-refractivity contribution in [1.29, 1.82) is 0 Å². The van der Waals surface area contributed by atoms with Gasteiger partial charge in [-0.3, -0.25) is 4.99 Å². The van der Waals surface area contributed by atoms with Crippen molar-refractivity contribution in [2.45, 2.75) is 20.8 Å². The van der Waals surface area contributed by atoms with Gasteiger partial charge in [0.1, 0.15) is 0 Å². The van der Waals surface area contributed by atoms with E-state index in [0.29, 0.717) is 10.9 Å². The van der Waals surface area contributed by atoms with Crippen LogP contribution in [0, 0.1) is 13.8 Å². The van der Waals surface area contributed by atoms with E-state index < -0.39 is 0 Å². The third-order valence-corrected chi connectivity index (χ3v) is 5.51. The van der Waals surface area contributed by atoms with Gasteiger partial charge in [0.05, 0.1) is 36.3 Å². The van der Waals surface area contributed by atoms with Gasteiger partial charge in [-0.05, 0) is 57.3 Å². The van der Waals surface area contributed by atoms with Gasteiger partial charge < -0.3 is 16.8 Å². The summed E-state index contributed by atoms with van der Waals surface area (Å²) in [5.74, 6) is 0.630. The van der Waals surface area contributed by atoms with Crippen LogP contribution >= 0.6 is 82.8 Å². The number of nitrogens with one attached hydrogen (secondary N) is 1. The number of nitrogens with zero attached hydrogens (tertiary/aromatic N) is 3. The molecule has 0 aliphatic rings. The maximum atomic E-state index is 5.04. The van der Waals surface area contributed by atoms with E-state index in [-0.39, 0.29) is 48.0 Å². The van der Waals surface area contributed by atoms with Gasteiger partial charge >= 0.3 is 0 Å². The molecule has 0 saturated heterocycles. The van der Waals surface area contributed by atoms with Crippen molar-refractivity contribution < 1.29 is 0 Å². The highest BCUT2D eigenvalue weighted by atomic mass is 127. The summed E-state index contributed by atoms with van der Waals surface area (Å²) in [5.41, 5.74) is 12.2. The minimum atomic E-state index is 0. The maximum absolute atomic E-state index is 5.04. The first-order valence-corrected chi connectivity index (χ1v) is 11.1. The number of aliphatic imine (C=N–C) groups is 1. The first-order chi connectivity index (χ1) is 14.3. The van der Waals surface area contributed by atoms with E-state index in [1.165, 1.54) is 9.40 Å². The predicted octanol–water partition coefficient (Wildman–Crippen LogP) is 5.89. The Morgan fingerprint density at radius 3 is 1.44 bits per heavy atom. The van der Waals surface area contributed by atoms with Gasteiger partial charge in [-0.25, -0.2) is 9.97 Å². The van der Waals surface area contributed by atoms with Gasteiger partial charge in [-0.2, -0.15) is 0 Å². The van der Waals surface area contributed by atoms with Crippen LogP contribution in [-0.2, 0) is 0 Å². The second-order valence-electron chi connectivity index (χ2n) is 5.88. The molecule has 0 atom stereocenters. The molecule has 176 valence electrons. The third kappa shape index (κ3) is 13.4. The van der Waals surface area contributed by atoms with Crippen LogP contribution in [-0.4, -0.2) is 35.0 Å². The van der Waals surface area contributed by atoms with Crippen molar-refractivity contribution in [3.05, 3.63) is 58.5 Å². The number of fused-ring (bicyclic) bond motifs is 2. The molecule has 0 aliphatic carbocycles. The van der Waals surface area contributed by atoms with Gasteiger partial charge in [0, 0.05) is 14.1 Å². The first kappa shape index (κ1) is 33.0. The lowest BCUT2D eigenvalue weighted by Gasteiger charge is -1.85. The molecule has 0 spiro atoms. The Labute approximate surface area is 237 Å². The molecule has 0 unspecified atom stereocenters. The molecule has 2 aromatic heterocycles. The molecule has 6 nitrogen and oxygen atoms in total. The normalized spacial score (nSPS) is 9.47. The fourth-order valence-corrected chi connectivity index (χ4v) is 3.63. The van der Waals surface area contributed by atoms with E-state index >= 15 is 0 Å². The lowest BCUT2D eigenvalue weighted by molar-refractivity contribution is 1.18. The number of aryl methyl sites for hydroxylation is 2. The highest BCUT2D eigenvalue weighted by Gasteiger charge is 1.96. The topological polar surface area (TPSA) is 102 Å². The Balaban J connectivity index is 0. The van der Waals surface area contributed by atoms with Crippen LogP contribution in [0.25, 0.3) is 20.4 Å². The summed E-state index contributed by atoms with van der Waals surface area (Å²) >= 11 is 7.85. The number of hydrogen-bond acceptors (Lipinski definition) is 6. The van der Waals surface area contributed by atoms with Gasteiger partial charge in [0.25, 0.3) is 0 Å². The molecule has 0 amide bonds. The van der Waals surface area contributed by atoms with Crippen molar-refractivity contribution in [3.63, 3.8) is 0 Å². The Kier molecular flexibility index (Phi) is 18.9. The Morgan fingerprint density at radius 1 is 0.875 bits per heavy atom. The Hall–Kier alpha value is -1.16. The molecule has 2 aromatic carbocycles. The lowest BCUT2D eigenvalue weighted by Crippen LogP contribution is -2.24. The third-order valence-electron chi connectivity index (χ3n) is 3.40. The largest absolute Gasteiger partial charge is 0.388 e. The van der Waals surface area contributed by atoms with Crippen LogP contribution in [0.4, 0.5) is 0 Å². The monoisotopic (exact) mass is 716 g/mol. The number of amidine groups is 1. The molecule has 4 aromatic rings. The zero-order valence-corrected chi connectivity index (χ0v) is 25.8. The van der Waals surface area contributed by atoms with Crippen LogP contribution in [0.3, 0.4) is 0 Å². The minimum absolute atomic E-state index is 0. The van der Waals surface area contributed by atoms with Crippen molar-refractivity contribution in [3.8, 4) is 0 Å². The van der Waals surface area contributed by atoms with Crippen molar-refractivity contribution in [2.75, 3.05) is 14.1 Å². The number of nitrogens with two attached hydrogens (primary N) is 2. The zero-order chi connectivity index (χ0) is 22.5. The van der Waals surface area contributed by atoms with E-state index in [4.69, 9.17) is 11.5 Å². The first-order valence-electron chi connectivity index (χ1n) is 9.07. The molecule has 32 heavy (non-hydrogen) atoms. The zero-order valence-electron chi connectivity index (χ0n) is 18.7. The second-order valence-corrected chi connectivity index (χ2v) is 8.79. The molecule has 0 saturated carbocycles. The molecule has 5 N–H and O–H groups in total. The molecule has 0 fully saturated rings. The Bertz CT molecular complexity index is 953. The summed E-state index contributed by atoms with van der Waals surface area (Å²) in [7, 11) is 3.34.